The van der Waals surface area contributed by atoms with Crippen LogP contribution in [0, 0.1) is 17.0 Å². The lowest BCUT2D eigenvalue weighted by atomic mass is 10.2. The first-order valence-corrected chi connectivity index (χ1v) is 6.28. The Morgan fingerprint density at radius 2 is 2.00 bits per heavy atom. The molecule has 1 aromatic carbocycles. The molecular weight excluding hydrogens is 303 g/mol. The van der Waals surface area contributed by atoms with E-state index in [1.807, 2.05) is 6.92 Å². The number of halogens is 2. The Morgan fingerprint density at radius 1 is 1.30 bits per heavy atom. The van der Waals surface area contributed by atoms with Crippen LogP contribution in [0.2, 0.25) is 10.0 Å². The third-order valence-electron chi connectivity index (χ3n) is 2.64. The number of nitrogen functional groups attached to an aromatic ring is 1. The Kier molecular flexibility index (Phi) is 3.96. The second-order valence-electron chi connectivity index (χ2n) is 4.04. The van der Waals surface area contributed by atoms with Crippen molar-refractivity contribution in [2.75, 3.05) is 11.1 Å². The third-order valence-corrected chi connectivity index (χ3v) is 3.44. The van der Waals surface area contributed by atoms with Gasteiger partial charge in [-0.2, -0.15) is 0 Å². The van der Waals surface area contributed by atoms with Crippen LogP contribution in [0.4, 0.5) is 23.0 Å². The summed E-state index contributed by atoms with van der Waals surface area (Å²) in [6, 6.07) is 6.18. The van der Waals surface area contributed by atoms with Crippen molar-refractivity contribution in [1.29, 1.82) is 0 Å². The van der Waals surface area contributed by atoms with E-state index < -0.39 is 4.92 Å². The highest BCUT2D eigenvalue weighted by Crippen LogP contribution is 2.35. The van der Waals surface area contributed by atoms with E-state index in [0.29, 0.717) is 21.6 Å². The molecule has 0 unspecified atom stereocenters. The topological polar surface area (TPSA) is 94.1 Å². The zero-order valence-electron chi connectivity index (χ0n) is 10.4. The lowest BCUT2D eigenvalue weighted by Crippen LogP contribution is -2.02. The maximum absolute atomic E-state index is 10.7. The van der Waals surface area contributed by atoms with Crippen LogP contribution in [0.3, 0.4) is 0 Å². The first kappa shape index (κ1) is 14.4. The van der Waals surface area contributed by atoms with Crippen LogP contribution in [0.1, 0.15) is 5.56 Å². The number of anilines is 3. The normalized spacial score (nSPS) is 10.3. The van der Waals surface area contributed by atoms with Crippen LogP contribution in [0.25, 0.3) is 0 Å². The number of nitrogens with zero attached hydrogens (tertiary/aromatic N) is 2. The molecular formula is C12H10Cl2N4O2. The van der Waals surface area contributed by atoms with Crippen LogP contribution in [-0.4, -0.2) is 9.91 Å². The van der Waals surface area contributed by atoms with Crippen molar-refractivity contribution in [3.63, 3.8) is 0 Å². The Labute approximate surface area is 124 Å². The summed E-state index contributed by atoms with van der Waals surface area (Å²) in [4.78, 5) is 14.0. The molecule has 6 nitrogen and oxygen atoms in total. The number of rotatable bonds is 3. The molecule has 0 radical (unpaired) electrons. The molecule has 104 valence electrons. The SMILES string of the molecule is Cc1ccc(Cl)c(Nc2ccc([N+](=O)[O-])c(N)n2)c1Cl. The summed E-state index contributed by atoms with van der Waals surface area (Å²) in [6.07, 6.45) is 0. The molecule has 0 aliphatic heterocycles. The summed E-state index contributed by atoms with van der Waals surface area (Å²) in [7, 11) is 0. The Balaban J connectivity index is 2.39. The molecule has 2 rings (SSSR count). The molecule has 20 heavy (non-hydrogen) atoms. The molecule has 0 fully saturated rings. The quantitative estimate of drug-likeness (QED) is 0.661. The second kappa shape index (κ2) is 5.52. The van der Waals surface area contributed by atoms with Crippen molar-refractivity contribution in [3.05, 3.63) is 50.0 Å². The molecule has 0 spiro atoms. The van der Waals surface area contributed by atoms with E-state index in [9.17, 15) is 10.1 Å². The summed E-state index contributed by atoms with van der Waals surface area (Å²) in [5.74, 6) is 0.141. The highest BCUT2D eigenvalue weighted by molar-refractivity contribution is 6.39. The fourth-order valence-corrected chi connectivity index (χ4v) is 2.06. The van der Waals surface area contributed by atoms with Gasteiger partial charge in [0.05, 0.1) is 20.7 Å². The number of hydrogen-bond acceptors (Lipinski definition) is 5. The van der Waals surface area contributed by atoms with Gasteiger partial charge in [0.25, 0.3) is 0 Å². The van der Waals surface area contributed by atoms with E-state index in [-0.39, 0.29) is 11.5 Å². The van der Waals surface area contributed by atoms with Gasteiger partial charge in [0.1, 0.15) is 5.82 Å². The molecule has 0 bridgehead atoms. The summed E-state index contributed by atoms with van der Waals surface area (Å²) in [5, 5.41) is 14.4. The monoisotopic (exact) mass is 312 g/mol. The number of hydrogen-bond donors (Lipinski definition) is 2. The maximum atomic E-state index is 10.7. The van der Waals surface area contributed by atoms with E-state index in [2.05, 4.69) is 10.3 Å². The number of aromatic nitrogens is 1. The maximum Gasteiger partial charge on any atom is 0.311 e. The van der Waals surface area contributed by atoms with Gasteiger partial charge in [0.2, 0.25) is 5.82 Å². The molecule has 0 amide bonds. The molecule has 0 atom stereocenters. The molecule has 0 aliphatic rings. The van der Waals surface area contributed by atoms with Crippen molar-refractivity contribution < 1.29 is 4.92 Å². The molecule has 1 heterocycles. The van der Waals surface area contributed by atoms with E-state index >= 15 is 0 Å². The fraction of sp³-hybridized carbons (Fsp3) is 0.0833. The lowest BCUT2D eigenvalue weighted by molar-refractivity contribution is -0.384. The van der Waals surface area contributed by atoms with Crippen LogP contribution in [0.5, 0.6) is 0 Å². The predicted octanol–water partition coefficient (Wildman–Crippen LogP) is 3.93. The first-order valence-electron chi connectivity index (χ1n) is 5.52. The molecule has 0 saturated heterocycles. The summed E-state index contributed by atoms with van der Waals surface area (Å²) in [5.41, 5.74) is 6.59. The van der Waals surface area contributed by atoms with Crippen LogP contribution < -0.4 is 11.1 Å². The van der Waals surface area contributed by atoms with Crippen molar-refractivity contribution in [2.24, 2.45) is 0 Å². The van der Waals surface area contributed by atoms with Crippen molar-refractivity contribution in [1.82, 2.24) is 4.98 Å². The van der Waals surface area contributed by atoms with E-state index in [1.54, 1.807) is 12.1 Å². The van der Waals surface area contributed by atoms with Gasteiger partial charge in [0, 0.05) is 6.07 Å². The Hall–Kier alpha value is -2.05. The average Bonchev–Trinajstić information content (AvgIpc) is 2.39. The smallest absolute Gasteiger partial charge is 0.311 e. The number of nitrogens with one attached hydrogen (secondary N) is 1. The Morgan fingerprint density at radius 3 is 2.60 bits per heavy atom. The summed E-state index contributed by atoms with van der Waals surface area (Å²) in [6.45, 7) is 1.83. The van der Waals surface area contributed by atoms with Gasteiger partial charge in [-0.3, -0.25) is 10.1 Å². The lowest BCUT2D eigenvalue weighted by Gasteiger charge is -2.11. The van der Waals surface area contributed by atoms with Gasteiger partial charge in [-0.1, -0.05) is 29.3 Å². The largest absolute Gasteiger partial charge is 0.378 e. The molecule has 8 heteroatoms. The standard InChI is InChI=1S/C12H10Cl2N4O2/c1-6-2-3-7(13)11(10(6)14)16-9-5-4-8(18(19)20)12(15)17-9/h2-5H,1H3,(H3,15,16,17). The number of nitro groups is 1. The average molecular weight is 313 g/mol. The van der Waals surface area contributed by atoms with Crippen molar-refractivity contribution in [3.8, 4) is 0 Å². The highest BCUT2D eigenvalue weighted by Gasteiger charge is 2.14. The second-order valence-corrected chi connectivity index (χ2v) is 4.82. The zero-order chi connectivity index (χ0) is 14.9. The first-order chi connectivity index (χ1) is 9.40. The predicted molar refractivity (Wildman–Crippen MR) is 79.8 cm³/mol. The minimum Gasteiger partial charge on any atom is -0.378 e. The van der Waals surface area contributed by atoms with Crippen LogP contribution in [-0.2, 0) is 0 Å². The highest BCUT2D eigenvalue weighted by atomic mass is 35.5. The molecule has 2 aromatic rings. The molecule has 0 aliphatic carbocycles. The molecule has 0 saturated carbocycles. The summed E-state index contributed by atoms with van der Waals surface area (Å²) < 4.78 is 0. The summed E-state index contributed by atoms with van der Waals surface area (Å²) >= 11 is 12.2. The van der Waals surface area contributed by atoms with Gasteiger partial charge in [-0.15, -0.1) is 0 Å². The van der Waals surface area contributed by atoms with Gasteiger partial charge in [-0.05, 0) is 24.6 Å². The number of benzene rings is 1. The van der Waals surface area contributed by atoms with Gasteiger partial charge in [-0.25, -0.2) is 4.98 Å². The number of pyridine rings is 1. The molecule has 1 aromatic heterocycles. The Bertz CT molecular complexity index is 691. The van der Waals surface area contributed by atoms with Crippen molar-refractivity contribution >= 4 is 46.2 Å². The van der Waals surface area contributed by atoms with Crippen LogP contribution in [0.15, 0.2) is 24.3 Å². The minimum absolute atomic E-state index is 0.181. The van der Waals surface area contributed by atoms with Gasteiger partial charge < -0.3 is 11.1 Å². The van der Waals surface area contributed by atoms with E-state index in [4.69, 9.17) is 28.9 Å². The number of aryl methyl sites for hydroxylation is 1. The van der Waals surface area contributed by atoms with Gasteiger partial charge >= 0.3 is 5.69 Å². The molecule has 3 N–H and O–H groups in total. The van der Waals surface area contributed by atoms with E-state index in [1.165, 1.54) is 12.1 Å². The third kappa shape index (κ3) is 2.76. The zero-order valence-corrected chi connectivity index (χ0v) is 11.9. The van der Waals surface area contributed by atoms with Crippen LogP contribution >= 0.6 is 23.2 Å². The fourth-order valence-electron chi connectivity index (χ4n) is 1.59. The number of nitrogens with two attached hydrogens (primary N) is 1. The minimum atomic E-state index is -0.598. The van der Waals surface area contributed by atoms with Gasteiger partial charge in [0.15, 0.2) is 0 Å². The van der Waals surface area contributed by atoms with Crippen molar-refractivity contribution in [2.45, 2.75) is 6.92 Å². The van der Waals surface area contributed by atoms with E-state index in [0.717, 1.165) is 5.56 Å².